The van der Waals surface area contributed by atoms with Crippen molar-refractivity contribution in [2.75, 3.05) is 45.0 Å². The molecule has 0 spiro atoms. The Morgan fingerprint density at radius 2 is 1.87 bits per heavy atom. The number of morpholine rings is 1. The topological polar surface area (TPSA) is 103 Å². The molecule has 0 atom stereocenters. The summed E-state index contributed by atoms with van der Waals surface area (Å²) < 4.78 is 48.6. The van der Waals surface area contributed by atoms with Crippen molar-refractivity contribution in [1.82, 2.24) is 4.31 Å². The van der Waals surface area contributed by atoms with Crippen LogP contribution in [-0.4, -0.2) is 58.3 Å². The van der Waals surface area contributed by atoms with Gasteiger partial charge in [0.05, 0.1) is 13.2 Å². The van der Waals surface area contributed by atoms with Gasteiger partial charge in [-0.2, -0.15) is 4.31 Å². The molecule has 30 heavy (non-hydrogen) atoms. The number of carbonyl (C=O) groups excluding carboxylic acids is 1. The van der Waals surface area contributed by atoms with E-state index in [9.17, 15) is 13.2 Å². The van der Waals surface area contributed by atoms with Crippen molar-refractivity contribution in [2.45, 2.75) is 4.90 Å². The van der Waals surface area contributed by atoms with Crippen LogP contribution in [0, 0.1) is 0 Å². The zero-order chi connectivity index (χ0) is 21.1. The Balaban J connectivity index is 1.46. The maximum Gasteiger partial charge on any atom is 0.262 e. The molecule has 2 aliphatic heterocycles. The van der Waals surface area contributed by atoms with Crippen LogP contribution in [0.3, 0.4) is 0 Å². The van der Waals surface area contributed by atoms with E-state index >= 15 is 0 Å². The van der Waals surface area contributed by atoms with Gasteiger partial charge in [0.25, 0.3) is 5.91 Å². The molecule has 160 valence electrons. The first-order chi connectivity index (χ1) is 14.4. The van der Waals surface area contributed by atoms with Crippen LogP contribution in [0.1, 0.15) is 0 Å². The number of hydrogen-bond donors (Lipinski definition) is 1. The number of sulfonamides is 1. The predicted octanol–water partition coefficient (Wildman–Crippen LogP) is 2.11. The van der Waals surface area contributed by atoms with E-state index in [1.807, 2.05) is 0 Å². The molecular weight excluding hydrogens is 436 g/mol. The molecule has 0 aliphatic carbocycles. The number of fused-ring (bicyclic) bond motifs is 1. The minimum atomic E-state index is -3.85. The Morgan fingerprint density at radius 3 is 2.67 bits per heavy atom. The summed E-state index contributed by atoms with van der Waals surface area (Å²) >= 11 is 6.01. The van der Waals surface area contributed by atoms with E-state index in [-0.39, 0.29) is 42.2 Å². The number of hydrogen-bond acceptors (Lipinski definition) is 7. The van der Waals surface area contributed by atoms with Crippen LogP contribution in [-0.2, 0) is 19.6 Å². The van der Waals surface area contributed by atoms with Crippen LogP contribution in [0.4, 0.5) is 5.69 Å². The van der Waals surface area contributed by atoms with Crippen molar-refractivity contribution >= 4 is 33.2 Å². The lowest BCUT2D eigenvalue weighted by molar-refractivity contribution is -0.118. The second kappa shape index (κ2) is 8.68. The molecule has 2 aromatic carbocycles. The van der Waals surface area contributed by atoms with Crippen LogP contribution in [0.15, 0.2) is 41.3 Å². The molecule has 1 saturated heterocycles. The minimum absolute atomic E-state index is 0.0479. The second-order valence-corrected chi connectivity index (χ2v) is 8.86. The molecule has 2 aromatic rings. The van der Waals surface area contributed by atoms with Gasteiger partial charge in [0, 0.05) is 29.9 Å². The van der Waals surface area contributed by atoms with Gasteiger partial charge in [-0.15, -0.1) is 0 Å². The fourth-order valence-electron chi connectivity index (χ4n) is 3.04. The van der Waals surface area contributed by atoms with Crippen molar-refractivity contribution in [1.29, 1.82) is 0 Å². The number of halogens is 1. The highest BCUT2D eigenvalue weighted by Gasteiger charge is 2.30. The normalized spacial score (nSPS) is 16.3. The number of ether oxygens (including phenoxy) is 4. The molecule has 2 heterocycles. The monoisotopic (exact) mass is 454 g/mol. The van der Waals surface area contributed by atoms with Gasteiger partial charge in [-0.25, -0.2) is 8.42 Å². The maximum absolute atomic E-state index is 13.0. The molecule has 0 unspecified atom stereocenters. The van der Waals surface area contributed by atoms with E-state index in [2.05, 4.69) is 5.32 Å². The average Bonchev–Trinajstić information content (AvgIpc) is 3.21. The SMILES string of the molecule is O=C(COc1ccc(Cl)cc1S(=O)(=O)N1CCOCC1)Nc1ccc2c(c1)OCO2. The highest BCUT2D eigenvalue weighted by Crippen LogP contribution is 2.34. The first-order valence-corrected chi connectivity index (χ1v) is 10.9. The summed E-state index contributed by atoms with van der Waals surface area (Å²) in [4.78, 5) is 12.2. The second-order valence-electron chi connectivity index (χ2n) is 6.51. The Labute approximate surface area is 178 Å². The van der Waals surface area contributed by atoms with Gasteiger partial charge >= 0.3 is 0 Å². The first kappa shape index (κ1) is 20.7. The number of amides is 1. The summed E-state index contributed by atoms with van der Waals surface area (Å²) in [7, 11) is -3.85. The van der Waals surface area contributed by atoms with Crippen molar-refractivity contribution in [3.8, 4) is 17.2 Å². The summed E-state index contributed by atoms with van der Waals surface area (Å²) in [5.41, 5.74) is 0.505. The third kappa shape index (κ3) is 4.46. The molecule has 1 fully saturated rings. The van der Waals surface area contributed by atoms with Crippen LogP contribution in [0.2, 0.25) is 5.02 Å². The zero-order valence-corrected chi connectivity index (χ0v) is 17.4. The number of nitrogens with zero attached hydrogens (tertiary/aromatic N) is 1. The fourth-order valence-corrected chi connectivity index (χ4v) is 4.85. The Kier molecular flexibility index (Phi) is 6.00. The molecule has 4 rings (SSSR count). The van der Waals surface area contributed by atoms with Gasteiger partial charge < -0.3 is 24.3 Å². The quantitative estimate of drug-likeness (QED) is 0.712. The number of rotatable bonds is 6. The van der Waals surface area contributed by atoms with E-state index in [4.69, 9.17) is 30.5 Å². The minimum Gasteiger partial charge on any atom is -0.482 e. The molecule has 1 amide bonds. The van der Waals surface area contributed by atoms with Gasteiger partial charge in [-0.3, -0.25) is 4.79 Å². The lowest BCUT2D eigenvalue weighted by Crippen LogP contribution is -2.40. The standard InChI is InChI=1S/C19H19ClN2O7S/c20-13-1-3-16(18(9-13)30(24,25)22-5-7-26-8-6-22)27-11-19(23)21-14-2-4-15-17(10-14)29-12-28-15/h1-4,9-10H,5-8,11-12H2,(H,21,23). The lowest BCUT2D eigenvalue weighted by Gasteiger charge is -2.26. The van der Waals surface area contributed by atoms with Gasteiger partial charge in [0.15, 0.2) is 18.1 Å². The third-order valence-corrected chi connectivity index (χ3v) is 6.66. The predicted molar refractivity (Wildman–Crippen MR) is 108 cm³/mol. The van der Waals surface area contributed by atoms with Crippen molar-refractivity contribution < 1.29 is 32.2 Å². The number of anilines is 1. The largest absolute Gasteiger partial charge is 0.482 e. The van der Waals surface area contributed by atoms with Crippen LogP contribution < -0.4 is 19.5 Å². The summed E-state index contributed by atoms with van der Waals surface area (Å²) in [5, 5.41) is 2.92. The van der Waals surface area contributed by atoms with E-state index in [0.717, 1.165) is 0 Å². The van der Waals surface area contributed by atoms with Crippen molar-refractivity contribution in [2.24, 2.45) is 0 Å². The number of nitrogens with one attached hydrogen (secondary N) is 1. The maximum atomic E-state index is 13.0. The lowest BCUT2D eigenvalue weighted by atomic mass is 10.3. The number of benzene rings is 2. The summed E-state index contributed by atoms with van der Waals surface area (Å²) in [5.74, 6) is 0.721. The smallest absolute Gasteiger partial charge is 0.262 e. The van der Waals surface area contributed by atoms with Crippen LogP contribution >= 0.6 is 11.6 Å². The molecule has 11 heteroatoms. The average molecular weight is 455 g/mol. The molecule has 1 N–H and O–H groups in total. The zero-order valence-electron chi connectivity index (χ0n) is 15.8. The Hall–Kier alpha value is -2.53. The molecule has 9 nitrogen and oxygen atoms in total. The first-order valence-electron chi connectivity index (χ1n) is 9.13. The van der Waals surface area contributed by atoms with Gasteiger partial charge in [0.2, 0.25) is 16.8 Å². The summed E-state index contributed by atoms with van der Waals surface area (Å²) in [6.45, 7) is 0.841. The van der Waals surface area contributed by atoms with E-state index in [0.29, 0.717) is 30.4 Å². The molecule has 0 radical (unpaired) electrons. The highest BCUT2D eigenvalue weighted by atomic mass is 35.5. The van der Waals surface area contributed by atoms with Crippen molar-refractivity contribution in [3.05, 3.63) is 41.4 Å². The van der Waals surface area contributed by atoms with Gasteiger partial charge in [-0.05, 0) is 30.3 Å². The van der Waals surface area contributed by atoms with Gasteiger partial charge in [0.1, 0.15) is 10.6 Å². The molecule has 0 aromatic heterocycles. The summed E-state index contributed by atoms with van der Waals surface area (Å²) in [6.07, 6.45) is 0. The van der Waals surface area contributed by atoms with Crippen molar-refractivity contribution in [3.63, 3.8) is 0 Å². The molecule has 0 bridgehead atoms. The van der Waals surface area contributed by atoms with Gasteiger partial charge in [-0.1, -0.05) is 11.6 Å². The van der Waals surface area contributed by atoms with Crippen LogP contribution in [0.25, 0.3) is 0 Å². The summed E-state index contributed by atoms with van der Waals surface area (Å²) in [6, 6.07) is 9.25. The van der Waals surface area contributed by atoms with E-state index < -0.39 is 15.9 Å². The fraction of sp³-hybridized carbons (Fsp3) is 0.316. The van der Waals surface area contributed by atoms with E-state index in [1.165, 1.54) is 22.5 Å². The molecule has 0 saturated carbocycles. The number of carbonyl (C=O) groups is 1. The highest BCUT2D eigenvalue weighted by molar-refractivity contribution is 7.89. The Morgan fingerprint density at radius 1 is 1.10 bits per heavy atom. The molecule has 2 aliphatic rings. The molecular formula is C19H19ClN2O7S. The Bertz CT molecular complexity index is 1050. The third-order valence-electron chi connectivity index (χ3n) is 4.51. The van der Waals surface area contributed by atoms with E-state index in [1.54, 1.807) is 18.2 Å². The van der Waals surface area contributed by atoms with Crippen LogP contribution in [0.5, 0.6) is 17.2 Å².